The van der Waals surface area contributed by atoms with Gasteiger partial charge in [-0.1, -0.05) is 13.0 Å². The van der Waals surface area contributed by atoms with Gasteiger partial charge in [-0.15, -0.1) is 0 Å². The summed E-state index contributed by atoms with van der Waals surface area (Å²) in [6, 6.07) is 10.5. The van der Waals surface area contributed by atoms with E-state index in [1.807, 2.05) is 6.92 Å². The molecule has 0 atom stereocenters. The zero-order valence-electron chi connectivity index (χ0n) is 15.4. The SMILES string of the molecule is CCCNC(=O)c1nc(C(=O)Nc2ccc3c(c2)OCCO3)n2ccccc12. The number of aromatic nitrogens is 2. The van der Waals surface area contributed by atoms with Gasteiger partial charge >= 0.3 is 0 Å². The number of carbonyl (C=O) groups excluding carboxylic acids is 2. The topological polar surface area (TPSA) is 94.0 Å². The molecular formula is C20H20N4O4. The highest BCUT2D eigenvalue weighted by atomic mass is 16.6. The predicted molar refractivity (Wildman–Crippen MR) is 103 cm³/mol. The van der Waals surface area contributed by atoms with Crippen molar-refractivity contribution in [2.24, 2.45) is 0 Å². The van der Waals surface area contributed by atoms with Crippen LogP contribution in [-0.2, 0) is 0 Å². The molecule has 0 spiro atoms. The largest absolute Gasteiger partial charge is 0.486 e. The van der Waals surface area contributed by atoms with Crippen LogP contribution in [-0.4, -0.2) is 41.0 Å². The summed E-state index contributed by atoms with van der Waals surface area (Å²) < 4.78 is 12.6. The molecule has 0 unspecified atom stereocenters. The quantitative estimate of drug-likeness (QED) is 0.709. The second-order valence-corrected chi connectivity index (χ2v) is 6.31. The van der Waals surface area contributed by atoms with Crippen LogP contribution < -0.4 is 20.1 Å². The highest BCUT2D eigenvalue weighted by Crippen LogP contribution is 2.32. The van der Waals surface area contributed by atoms with Crippen molar-refractivity contribution >= 4 is 23.0 Å². The van der Waals surface area contributed by atoms with E-state index >= 15 is 0 Å². The van der Waals surface area contributed by atoms with Gasteiger partial charge in [0, 0.05) is 24.5 Å². The molecule has 2 aromatic heterocycles. The van der Waals surface area contributed by atoms with E-state index in [1.54, 1.807) is 47.0 Å². The van der Waals surface area contributed by atoms with E-state index in [2.05, 4.69) is 15.6 Å². The lowest BCUT2D eigenvalue weighted by Crippen LogP contribution is -2.24. The van der Waals surface area contributed by atoms with Crippen LogP contribution in [0.25, 0.3) is 5.52 Å². The van der Waals surface area contributed by atoms with Gasteiger partial charge in [0.2, 0.25) is 5.82 Å². The molecule has 144 valence electrons. The van der Waals surface area contributed by atoms with Gasteiger partial charge < -0.3 is 20.1 Å². The molecule has 2 N–H and O–H groups in total. The number of pyridine rings is 1. The third kappa shape index (κ3) is 3.36. The molecule has 2 amide bonds. The predicted octanol–water partition coefficient (Wildman–Crippen LogP) is 2.50. The van der Waals surface area contributed by atoms with Crippen molar-refractivity contribution in [3.05, 3.63) is 54.1 Å². The first-order valence-electron chi connectivity index (χ1n) is 9.13. The summed E-state index contributed by atoms with van der Waals surface area (Å²) in [5.74, 6) is 0.630. The lowest BCUT2D eigenvalue weighted by Gasteiger charge is -2.18. The van der Waals surface area contributed by atoms with Crippen molar-refractivity contribution in [3.63, 3.8) is 0 Å². The maximum atomic E-state index is 12.8. The van der Waals surface area contributed by atoms with Gasteiger partial charge in [0.05, 0.1) is 5.52 Å². The van der Waals surface area contributed by atoms with Crippen LogP contribution in [0.15, 0.2) is 42.6 Å². The number of fused-ring (bicyclic) bond motifs is 2. The van der Waals surface area contributed by atoms with Crippen molar-refractivity contribution in [2.75, 3.05) is 25.1 Å². The number of ether oxygens (including phenoxy) is 2. The molecule has 3 aromatic rings. The van der Waals surface area contributed by atoms with Crippen molar-refractivity contribution in [1.29, 1.82) is 0 Å². The van der Waals surface area contributed by atoms with E-state index in [1.165, 1.54) is 0 Å². The third-order valence-corrected chi connectivity index (χ3v) is 4.30. The number of imidazole rings is 1. The molecule has 0 aliphatic carbocycles. The molecule has 28 heavy (non-hydrogen) atoms. The van der Waals surface area contributed by atoms with E-state index < -0.39 is 5.91 Å². The Morgan fingerprint density at radius 1 is 1.11 bits per heavy atom. The highest BCUT2D eigenvalue weighted by molar-refractivity contribution is 6.06. The monoisotopic (exact) mass is 380 g/mol. The Labute approximate surface area is 161 Å². The molecule has 1 aromatic carbocycles. The number of nitrogens with zero attached hydrogens (tertiary/aromatic N) is 2. The minimum Gasteiger partial charge on any atom is -0.486 e. The Balaban J connectivity index is 1.63. The molecule has 0 fully saturated rings. The van der Waals surface area contributed by atoms with E-state index in [0.29, 0.717) is 42.5 Å². The molecule has 8 heteroatoms. The fraction of sp³-hybridized carbons (Fsp3) is 0.250. The Bertz CT molecular complexity index is 1040. The number of hydrogen-bond acceptors (Lipinski definition) is 5. The molecule has 3 heterocycles. The second-order valence-electron chi connectivity index (χ2n) is 6.31. The van der Waals surface area contributed by atoms with Crippen LogP contribution in [0.2, 0.25) is 0 Å². The summed E-state index contributed by atoms with van der Waals surface area (Å²) >= 11 is 0. The lowest BCUT2D eigenvalue weighted by molar-refractivity contribution is 0.0951. The number of carbonyl (C=O) groups is 2. The standard InChI is InChI=1S/C20H20N4O4/c1-2-8-21-19(25)17-14-5-3-4-9-24(14)18(23-17)20(26)22-13-6-7-15-16(12-13)28-11-10-27-15/h3-7,9,12H,2,8,10-11H2,1H3,(H,21,25)(H,22,26). The van der Waals surface area contributed by atoms with Crippen LogP contribution >= 0.6 is 0 Å². The number of amides is 2. The molecule has 4 rings (SSSR count). The van der Waals surface area contributed by atoms with Gasteiger partial charge in [-0.25, -0.2) is 4.98 Å². The Morgan fingerprint density at radius 2 is 1.93 bits per heavy atom. The van der Waals surface area contributed by atoms with Crippen LogP contribution in [0, 0.1) is 0 Å². The average molecular weight is 380 g/mol. The molecular weight excluding hydrogens is 360 g/mol. The minimum atomic E-state index is -0.424. The van der Waals surface area contributed by atoms with Gasteiger partial charge in [0.25, 0.3) is 11.8 Å². The van der Waals surface area contributed by atoms with E-state index in [4.69, 9.17) is 9.47 Å². The first-order chi connectivity index (χ1) is 13.7. The van der Waals surface area contributed by atoms with Gasteiger partial charge in [0.15, 0.2) is 17.2 Å². The summed E-state index contributed by atoms with van der Waals surface area (Å²) in [5, 5.41) is 5.61. The summed E-state index contributed by atoms with van der Waals surface area (Å²) in [6.45, 7) is 3.48. The van der Waals surface area contributed by atoms with Gasteiger partial charge in [-0.05, 0) is 30.7 Å². The summed E-state index contributed by atoms with van der Waals surface area (Å²) in [4.78, 5) is 29.6. The normalized spacial score (nSPS) is 12.6. The summed E-state index contributed by atoms with van der Waals surface area (Å²) in [6.07, 6.45) is 2.52. The Kier molecular flexibility index (Phi) is 4.84. The van der Waals surface area contributed by atoms with Crippen molar-refractivity contribution < 1.29 is 19.1 Å². The van der Waals surface area contributed by atoms with Gasteiger partial charge in [-0.2, -0.15) is 0 Å². The van der Waals surface area contributed by atoms with Gasteiger partial charge in [-0.3, -0.25) is 14.0 Å². The fourth-order valence-corrected chi connectivity index (χ4v) is 3.00. The Hall–Kier alpha value is -3.55. The lowest BCUT2D eigenvalue weighted by atomic mass is 10.2. The molecule has 0 saturated carbocycles. The smallest absolute Gasteiger partial charge is 0.292 e. The maximum Gasteiger partial charge on any atom is 0.292 e. The average Bonchev–Trinajstić information content (AvgIpc) is 3.12. The van der Waals surface area contributed by atoms with Crippen molar-refractivity contribution in [1.82, 2.24) is 14.7 Å². The zero-order chi connectivity index (χ0) is 19.5. The molecule has 8 nitrogen and oxygen atoms in total. The van der Waals surface area contributed by atoms with Crippen molar-refractivity contribution in [3.8, 4) is 11.5 Å². The molecule has 0 bridgehead atoms. The molecule has 1 aliphatic heterocycles. The number of rotatable bonds is 5. The summed E-state index contributed by atoms with van der Waals surface area (Å²) in [5.41, 5.74) is 1.35. The van der Waals surface area contributed by atoms with E-state index in [0.717, 1.165) is 6.42 Å². The van der Waals surface area contributed by atoms with Crippen LogP contribution in [0.3, 0.4) is 0 Å². The van der Waals surface area contributed by atoms with Crippen LogP contribution in [0.4, 0.5) is 5.69 Å². The molecule has 0 saturated heterocycles. The van der Waals surface area contributed by atoms with E-state index in [9.17, 15) is 9.59 Å². The molecule has 1 aliphatic rings. The first kappa shape index (κ1) is 17.8. The van der Waals surface area contributed by atoms with Crippen LogP contribution in [0.1, 0.15) is 34.5 Å². The maximum absolute atomic E-state index is 12.8. The summed E-state index contributed by atoms with van der Waals surface area (Å²) in [7, 11) is 0. The third-order valence-electron chi connectivity index (χ3n) is 4.30. The minimum absolute atomic E-state index is 0.132. The Morgan fingerprint density at radius 3 is 2.75 bits per heavy atom. The fourth-order valence-electron chi connectivity index (χ4n) is 3.00. The first-order valence-corrected chi connectivity index (χ1v) is 9.13. The van der Waals surface area contributed by atoms with Gasteiger partial charge in [0.1, 0.15) is 13.2 Å². The van der Waals surface area contributed by atoms with Crippen molar-refractivity contribution in [2.45, 2.75) is 13.3 Å². The van der Waals surface area contributed by atoms with E-state index in [-0.39, 0.29) is 17.4 Å². The molecule has 0 radical (unpaired) electrons. The highest BCUT2D eigenvalue weighted by Gasteiger charge is 2.22. The second kappa shape index (κ2) is 7.59. The number of benzene rings is 1. The number of anilines is 1. The van der Waals surface area contributed by atoms with Crippen LogP contribution in [0.5, 0.6) is 11.5 Å². The number of hydrogen-bond donors (Lipinski definition) is 2. The zero-order valence-corrected chi connectivity index (χ0v) is 15.4. The number of nitrogens with one attached hydrogen (secondary N) is 2.